The van der Waals surface area contributed by atoms with Gasteiger partial charge in [0.1, 0.15) is 0 Å². The van der Waals surface area contributed by atoms with Crippen LogP contribution in [-0.2, 0) is 4.79 Å². The average Bonchev–Trinajstić information content (AvgIpc) is 2.56. The van der Waals surface area contributed by atoms with Gasteiger partial charge in [-0.25, -0.2) is 0 Å². The first-order chi connectivity index (χ1) is 12.0. The summed E-state index contributed by atoms with van der Waals surface area (Å²) in [6.45, 7) is 9.65. The second-order valence-corrected chi connectivity index (χ2v) is 7.12. The molecule has 1 aromatic carbocycles. The zero-order valence-corrected chi connectivity index (χ0v) is 16.2. The highest BCUT2D eigenvalue weighted by Crippen LogP contribution is 2.22. The summed E-state index contributed by atoms with van der Waals surface area (Å²) in [6, 6.07) is 5.61. The molecule has 1 unspecified atom stereocenters. The number of anilines is 1. The SMILES string of the molecule is CCNC(=NCCC(=O)Nc1ccc(C)cc1Cl)N1CCCC(C)C1. The molecule has 2 rings (SSSR count). The molecule has 0 radical (unpaired) electrons. The number of nitrogens with zero attached hydrogens (tertiary/aromatic N) is 2. The summed E-state index contributed by atoms with van der Waals surface area (Å²) < 4.78 is 0. The van der Waals surface area contributed by atoms with Crippen LogP contribution in [0.4, 0.5) is 5.69 Å². The number of rotatable bonds is 5. The van der Waals surface area contributed by atoms with E-state index in [4.69, 9.17) is 11.6 Å². The maximum Gasteiger partial charge on any atom is 0.226 e. The largest absolute Gasteiger partial charge is 0.357 e. The smallest absolute Gasteiger partial charge is 0.226 e. The average molecular weight is 365 g/mol. The molecule has 1 aromatic rings. The van der Waals surface area contributed by atoms with Gasteiger partial charge in [0, 0.05) is 26.1 Å². The highest BCUT2D eigenvalue weighted by molar-refractivity contribution is 6.33. The number of hydrogen-bond donors (Lipinski definition) is 2. The number of nitrogens with one attached hydrogen (secondary N) is 2. The van der Waals surface area contributed by atoms with E-state index in [9.17, 15) is 4.79 Å². The molecule has 1 saturated heterocycles. The Morgan fingerprint density at radius 2 is 2.24 bits per heavy atom. The summed E-state index contributed by atoms with van der Waals surface area (Å²) in [5.74, 6) is 1.53. The van der Waals surface area contributed by atoms with E-state index in [1.54, 1.807) is 0 Å². The van der Waals surface area contributed by atoms with Crippen LogP contribution < -0.4 is 10.6 Å². The number of halogens is 1. The summed E-state index contributed by atoms with van der Waals surface area (Å²) in [7, 11) is 0. The van der Waals surface area contributed by atoms with Gasteiger partial charge in [-0.2, -0.15) is 0 Å². The molecule has 2 N–H and O–H groups in total. The summed E-state index contributed by atoms with van der Waals surface area (Å²) in [4.78, 5) is 19.1. The number of guanidine groups is 1. The van der Waals surface area contributed by atoms with E-state index >= 15 is 0 Å². The lowest BCUT2D eigenvalue weighted by Gasteiger charge is -2.33. The summed E-state index contributed by atoms with van der Waals surface area (Å²) in [6.07, 6.45) is 2.80. The molecule has 0 aliphatic carbocycles. The fourth-order valence-corrected chi connectivity index (χ4v) is 3.29. The number of likely N-dealkylation sites (tertiary alicyclic amines) is 1. The second-order valence-electron chi connectivity index (χ2n) is 6.71. The van der Waals surface area contributed by atoms with Gasteiger partial charge < -0.3 is 15.5 Å². The van der Waals surface area contributed by atoms with Gasteiger partial charge in [-0.15, -0.1) is 0 Å². The van der Waals surface area contributed by atoms with E-state index in [0.717, 1.165) is 31.2 Å². The molecule has 0 saturated carbocycles. The fourth-order valence-electron chi connectivity index (χ4n) is 3.01. The lowest BCUT2D eigenvalue weighted by atomic mass is 10.0. The van der Waals surface area contributed by atoms with Gasteiger partial charge in [0.2, 0.25) is 5.91 Å². The zero-order chi connectivity index (χ0) is 18.2. The van der Waals surface area contributed by atoms with Crippen molar-refractivity contribution in [3.8, 4) is 0 Å². The Morgan fingerprint density at radius 3 is 2.92 bits per heavy atom. The van der Waals surface area contributed by atoms with Gasteiger partial charge in [0.05, 0.1) is 17.3 Å². The molecule has 25 heavy (non-hydrogen) atoms. The van der Waals surface area contributed by atoms with Gasteiger partial charge in [0.25, 0.3) is 0 Å². The standard InChI is InChI=1S/C19H29ClN4O/c1-4-21-19(24-11-5-6-15(3)13-24)22-10-9-18(25)23-17-8-7-14(2)12-16(17)20/h7-8,12,15H,4-6,9-11,13H2,1-3H3,(H,21,22)(H,23,25). The molecule has 6 heteroatoms. The Kier molecular flexibility index (Phi) is 7.56. The lowest BCUT2D eigenvalue weighted by Crippen LogP contribution is -2.46. The van der Waals surface area contributed by atoms with Crippen LogP contribution in [0.15, 0.2) is 23.2 Å². The number of benzene rings is 1. The number of aryl methyl sites for hydroxylation is 1. The van der Waals surface area contributed by atoms with Crippen molar-refractivity contribution in [2.24, 2.45) is 10.9 Å². The Balaban J connectivity index is 1.88. The molecule has 1 aliphatic rings. The molecular formula is C19H29ClN4O. The fraction of sp³-hybridized carbons (Fsp3) is 0.579. The van der Waals surface area contributed by atoms with Gasteiger partial charge in [-0.3, -0.25) is 9.79 Å². The first-order valence-corrected chi connectivity index (χ1v) is 9.46. The number of carbonyl (C=O) groups is 1. The number of hydrogen-bond acceptors (Lipinski definition) is 2. The molecule has 1 atom stereocenters. The second kappa shape index (κ2) is 9.66. The van der Waals surface area contributed by atoms with Crippen LogP contribution in [0.3, 0.4) is 0 Å². The molecule has 5 nitrogen and oxygen atoms in total. The van der Waals surface area contributed by atoms with Crippen LogP contribution >= 0.6 is 11.6 Å². The topological polar surface area (TPSA) is 56.7 Å². The number of amides is 1. The predicted molar refractivity (Wildman–Crippen MR) is 105 cm³/mol. The van der Waals surface area contributed by atoms with Crippen LogP contribution in [-0.4, -0.2) is 42.9 Å². The van der Waals surface area contributed by atoms with Crippen molar-refractivity contribution >= 4 is 29.2 Å². The van der Waals surface area contributed by atoms with E-state index in [1.165, 1.54) is 12.8 Å². The normalized spacial score (nSPS) is 18.2. The third kappa shape index (κ3) is 6.24. The Hall–Kier alpha value is -1.75. The highest BCUT2D eigenvalue weighted by Gasteiger charge is 2.19. The van der Waals surface area contributed by atoms with Crippen LogP contribution in [0.25, 0.3) is 0 Å². The molecule has 0 aromatic heterocycles. The van der Waals surface area contributed by atoms with Gasteiger partial charge >= 0.3 is 0 Å². The first-order valence-electron chi connectivity index (χ1n) is 9.09. The summed E-state index contributed by atoms with van der Waals surface area (Å²) in [5.41, 5.74) is 1.72. The van der Waals surface area contributed by atoms with Crippen molar-refractivity contribution < 1.29 is 4.79 Å². The third-order valence-corrected chi connectivity index (χ3v) is 4.60. The molecule has 1 aliphatic heterocycles. The summed E-state index contributed by atoms with van der Waals surface area (Å²) in [5, 5.41) is 6.75. The van der Waals surface area contributed by atoms with Crippen molar-refractivity contribution in [2.45, 2.75) is 40.0 Å². The van der Waals surface area contributed by atoms with Gasteiger partial charge in [-0.1, -0.05) is 24.6 Å². The van der Waals surface area contributed by atoms with E-state index in [1.807, 2.05) is 25.1 Å². The van der Waals surface area contributed by atoms with Crippen molar-refractivity contribution in [1.29, 1.82) is 0 Å². The molecule has 1 heterocycles. The zero-order valence-electron chi connectivity index (χ0n) is 15.4. The monoisotopic (exact) mass is 364 g/mol. The van der Waals surface area contributed by atoms with Gasteiger partial charge in [-0.05, 0) is 50.3 Å². The molecule has 0 spiro atoms. The van der Waals surface area contributed by atoms with Crippen molar-refractivity contribution in [2.75, 3.05) is 31.5 Å². The van der Waals surface area contributed by atoms with Crippen LogP contribution in [0.2, 0.25) is 5.02 Å². The molecule has 138 valence electrons. The molecule has 1 amide bonds. The maximum absolute atomic E-state index is 12.1. The number of piperidine rings is 1. The van der Waals surface area contributed by atoms with Crippen LogP contribution in [0.1, 0.15) is 38.7 Å². The van der Waals surface area contributed by atoms with E-state index in [2.05, 4.69) is 34.4 Å². The van der Waals surface area contributed by atoms with E-state index < -0.39 is 0 Å². The lowest BCUT2D eigenvalue weighted by molar-refractivity contribution is -0.116. The van der Waals surface area contributed by atoms with Crippen molar-refractivity contribution in [1.82, 2.24) is 10.2 Å². The Morgan fingerprint density at radius 1 is 1.44 bits per heavy atom. The predicted octanol–water partition coefficient (Wildman–Crippen LogP) is 3.67. The maximum atomic E-state index is 12.1. The molecule has 1 fully saturated rings. The van der Waals surface area contributed by atoms with Crippen molar-refractivity contribution in [3.05, 3.63) is 28.8 Å². The summed E-state index contributed by atoms with van der Waals surface area (Å²) >= 11 is 6.16. The molecular weight excluding hydrogens is 336 g/mol. The Labute approximate surface area is 155 Å². The number of carbonyl (C=O) groups excluding carboxylic acids is 1. The van der Waals surface area contributed by atoms with E-state index in [0.29, 0.717) is 29.6 Å². The minimum atomic E-state index is -0.0719. The minimum Gasteiger partial charge on any atom is -0.357 e. The van der Waals surface area contributed by atoms with Crippen LogP contribution in [0.5, 0.6) is 0 Å². The number of aliphatic imine (C=N–C) groups is 1. The quantitative estimate of drug-likeness (QED) is 0.619. The van der Waals surface area contributed by atoms with Crippen molar-refractivity contribution in [3.63, 3.8) is 0 Å². The third-order valence-electron chi connectivity index (χ3n) is 4.29. The van der Waals surface area contributed by atoms with E-state index in [-0.39, 0.29) is 5.91 Å². The van der Waals surface area contributed by atoms with Gasteiger partial charge in [0.15, 0.2) is 5.96 Å². The minimum absolute atomic E-state index is 0.0719. The first kappa shape index (κ1) is 19.6. The Bertz CT molecular complexity index is 617. The molecule has 0 bridgehead atoms. The highest BCUT2D eigenvalue weighted by atomic mass is 35.5. The van der Waals surface area contributed by atoms with Crippen LogP contribution in [0, 0.1) is 12.8 Å².